The van der Waals surface area contributed by atoms with E-state index < -0.39 is 0 Å². The summed E-state index contributed by atoms with van der Waals surface area (Å²) < 4.78 is 0. The zero-order chi connectivity index (χ0) is 9.40. The highest BCUT2D eigenvalue weighted by atomic mass is 16.2. The topological polar surface area (TPSA) is 32.3 Å². The molecule has 0 aliphatic carbocycles. The highest BCUT2D eigenvalue weighted by Gasteiger charge is 2.04. The molecule has 0 aromatic carbocycles. The lowest BCUT2D eigenvalue weighted by Gasteiger charge is -2.14. The van der Waals surface area contributed by atoms with Crippen LogP contribution >= 0.6 is 0 Å². The van der Waals surface area contributed by atoms with Gasteiger partial charge in [-0.2, -0.15) is 0 Å². The third kappa shape index (κ3) is 4.68. The Morgan fingerprint density at radius 2 is 2.17 bits per heavy atom. The summed E-state index contributed by atoms with van der Waals surface area (Å²) in [6, 6.07) is 0. The second-order valence-electron chi connectivity index (χ2n) is 2.48. The Balaban J connectivity index is 3.55. The zero-order valence-corrected chi connectivity index (χ0v) is 7.55. The molecular weight excluding hydrogens is 152 g/mol. The van der Waals surface area contributed by atoms with E-state index in [2.05, 4.69) is 18.5 Å². The van der Waals surface area contributed by atoms with E-state index in [1.807, 2.05) is 0 Å². The summed E-state index contributed by atoms with van der Waals surface area (Å²) in [4.78, 5) is 12.8. The first-order valence-electron chi connectivity index (χ1n) is 3.88. The third-order valence-corrected chi connectivity index (χ3v) is 1.39. The van der Waals surface area contributed by atoms with Crippen molar-refractivity contribution in [2.45, 2.75) is 0 Å². The molecule has 0 aromatic heterocycles. The maximum absolute atomic E-state index is 11.2. The summed E-state index contributed by atoms with van der Waals surface area (Å²) in [6.45, 7) is 8.69. The zero-order valence-electron chi connectivity index (χ0n) is 7.55. The van der Waals surface area contributed by atoms with Crippen LogP contribution in [0.15, 0.2) is 25.3 Å². The van der Waals surface area contributed by atoms with Crippen molar-refractivity contribution in [1.82, 2.24) is 10.2 Å². The lowest BCUT2D eigenvalue weighted by Crippen LogP contribution is -2.35. The smallest absolute Gasteiger partial charge is 0.236 e. The van der Waals surface area contributed by atoms with E-state index in [1.54, 1.807) is 24.1 Å². The first-order valence-corrected chi connectivity index (χ1v) is 3.88. The van der Waals surface area contributed by atoms with Crippen LogP contribution in [0.5, 0.6) is 0 Å². The molecular formula is C9H16N2O. The lowest BCUT2D eigenvalue weighted by atomic mass is 10.4. The van der Waals surface area contributed by atoms with Crippen LogP contribution in [0.1, 0.15) is 0 Å². The molecule has 1 amide bonds. The molecule has 0 aromatic rings. The fourth-order valence-electron chi connectivity index (χ4n) is 0.712. The highest BCUT2D eigenvalue weighted by molar-refractivity contribution is 5.78. The maximum Gasteiger partial charge on any atom is 0.236 e. The number of hydrogen-bond donors (Lipinski definition) is 1. The van der Waals surface area contributed by atoms with Gasteiger partial charge in [-0.05, 0) is 0 Å². The molecule has 0 unspecified atom stereocenters. The Labute approximate surface area is 73.8 Å². The fraction of sp³-hybridized carbons (Fsp3) is 0.444. The molecule has 1 N–H and O–H groups in total. The third-order valence-electron chi connectivity index (χ3n) is 1.39. The first-order chi connectivity index (χ1) is 5.72. The fourth-order valence-corrected chi connectivity index (χ4v) is 0.712. The Bertz CT molecular complexity index is 166. The molecule has 68 valence electrons. The van der Waals surface area contributed by atoms with Gasteiger partial charge in [-0.25, -0.2) is 0 Å². The van der Waals surface area contributed by atoms with Crippen molar-refractivity contribution in [3.05, 3.63) is 25.3 Å². The van der Waals surface area contributed by atoms with E-state index in [0.29, 0.717) is 19.6 Å². The summed E-state index contributed by atoms with van der Waals surface area (Å²) in [5, 5.41) is 2.93. The van der Waals surface area contributed by atoms with E-state index in [1.165, 1.54) is 0 Å². The molecule has 0 aliphatic rings. The van der Waals surface area contributed by atoms with Gasteiger partial charge in [0.1, 0.15) is 0 Å². The van der Waals surface area contributed by atoms with Gasteiger partial charge >= 0.3 is 0 Å². The molecule has 0 fully saturated rings. The van der Waals surface area contributed by atoms with Gasteiger partial charge in [-0.1, -0.05) is 12.2 Å². The van der Waals surface area contributed by atoms with Crippen LogP contribution in [0.25, 0.3) is 0 Å². The number of likely N-dealkylation sites (N-methyl/N-ethyl adjacent to an activating group) is 1. The molecule has 3 heteroatoms. The SMILES string of the molecule is C=CCNCC(=O)N(C)CC=C. The standard InChI is InChI=1S/C9H16N2O/c1-4-6-10-8-9(12)11(3)7-5-2/h4-5,10H,1-2,6-8H2,3H3. The molecule has 0 heterocycles. The number of hydrogen-bond acceptors (Lipinski definition) is 2. The Hall–Kier alpha value is -1.09. The Morgan fingerprint density at radius 3 is 2.67 bits per heavy atom. The van der Waals surface area contributed by atoms with Gasteiger partial charge in [0, 0.05) is 20.1 Å². The number of carbonyl (C=O) groups is 1. The summed E-state index contributed by atoms with van der Waals surface area (Å²) >= 11 is 0. The van der Waals surface area contributed by atoms with Crippen molar-refractivity contribution in [2.24, 2.45) is 0 Å². The van der Waals surface area contributed by atoms with Crippen LogP contribution in [0.2, 0.25) is 0 Å². The van der Waals surface area contributed by atoms with Crippen molar-refractivity contribution in [2.75, 3.05) is 26.7 Å². The average Bonchev–Trinajstić information content (AvgIpc) is 2.05. The van der Waals surface area contributed by atoms with E-state index in [0.717, 1.165) is 0 Å². The van der Waals surface area contributed by atoms with Crippen LogP contribution < -0.4 is 5.32 Å². The van der Waals surface area contributed by atoms with Crippen LogP contribution in [-0.4, -0.2) is 37.5 Å². The Kier molecular flexibility index (Phi) is 6.01. The summed E-state index contributed by atoms with van der Waals surface area (Å²) in [6.07, 6.45) is 3.42. The number of nitrogens with one attached hydrogen (secondary N) is 1. The van der Waals surface area contributed by atoms with Crippen LogP contribution in [0, 0.1) is 0 Å². The second kappa shape index (κ2) is 6.61. The van der Waals surface area contributed by atoms with Crippen molar-refractivity contribution in [1.29, 1.82) is 0 Å². The van der Waals surface area contributed by atoms with E-state index in [4.69, 9.17) is 0 Å². The molecule has 0 bridgehead atoms. The summed E-state index contributed by atoms with van der Waals surface area (Å²) in [7, 11) is 1.75. The molecule has 3 nitrogen and oxygen atoms in total. The molecule has 0 saturated heterocycles. The predicted octanol–water partition coefficient (Wildman–Crippen LogP) is 0.406. The van der Waals surface area contributed by atoms with Gasteiger partial charge < -0.3 is 10.2 Å². The van der Waals surface area contributed by atoms with E-state index in [9.17, 15) is 4.79 Å². The van der Waals surface area contributed by atoms with Crippen LogP contribution in [0.4, 0.5) is 0 Å². The highest BCUT2D eigenvalue weighted by Crippen LogP contribution is 1.82. The van der Waals surface area contributed by atoms with Gasteiger partial charge in [-0.3, -0.25) is 4.79 Å². The minimum absolute atomic E-state index is 0.0664. The predicted molar refractivity (Wildman–Crippen MR) is 50.9 cm³/mol. The number of carbonyl (C=O) groups excluding carboxylic acids is 1. The van der Waals surface area contributed by atoms with Gasteiger partial charge in [0.2, 0.25) is 5.91 Å². The van der Waals surface area contributed by atoms with Crippen molar-refractivity contribution < 1.29 is 4.79 Å². The normalized spacial score (nSPS) is 9.08. The Morgan fingerprint density at radius 1 is 1.50 bits per heavy atom. The second-order valence-corrected chi connectivity index (χ2v) is 2.48. The lowest BCUT2D eigenvalue weighted by molar-refractivity contribution is -0.128. The van der Waals surface area contributed by atoms with Gasteiger partial charge in [-0.15, -0.1) is 13.2 Å². The molecule has 0 radical (unpaired) electrons. The molecule has 0 atom stereocenters. The average molecular weight is 168 g/mol. The van der Waals surface area contributed by atoms with Crippen molar-refractivity contribution in [3.63, 3.8) is 0 Å². The molecule has 0 saturated carbocycles. The largest absolute Gasteiger partial charge is 0.341 e. The maximum atomic E-state index is 11.2. The van der Waals surface area contributed by atoms with Crippen molar-refractivity contribution in [3.8, 4) is 0 Å². The quantitative estimate of drug-likeness (QED) is 0.460. The first kappa shape index (κ1) is 10.9. The molecule has 0 rings (SSSR count). The number of rotatable bonds is 6. The molecule has 0 spiro atoms. The minimum atomic E-state index is 0.0664. The summed E-state index contributed by atoms with van der Waals surface area (Å²) in [5.41, 5.74) is 0. The number of amides is 1. The molecule has 12 heavy (non-hydrogen) atoms. The van der Waals surface area contributed by atoms with Crippen LogP contribution in [0.3, 0.4) is 0 Å². The molecule has 0 aliphatic heterocycles. The van der Waals surface area contributed by atoms with Crippen molar-refractivity contribution >= 4 is 5.91 Å². The van der Waals surface area contributed by atoms with Gasteiger partial charge in [0.25, 0.3) is 0 Å². The van der Waals surface area contributed by atoms with Crippen LogP contribution in [-0.2, 0) is 4.79 Å². The van der Waals surface area contributed by atoms with Gasteiger partial charge in [0.15, 0.2) is 0 Å². The minimum Gasteiger partial charge on any atom is -0.341 e. The number of nitrogens with zero attached hydrogens (tertiary/aromatic N) is 1. The monoisotopic (exact) mass is 168 g/mol. The van der Waals surface area contributed by atoms with Gasteiger partial charge in [0.05, 0.1) is 6.54 Å². The summed E-state index contributed by atoms with van der Waals surface area (Å²) in [5.74, 6) is 0.0664. The van der Waals surface area contributed by atoms with E-state index >= 15 is 0 Å². The van der Waals surface area contributed by atoms with E-state index in [-0.39, 0.29) is 5.91 Å².